The molecule has 3 rings (SSSR count). The minimum Gasteiger partial charge on any atom is -0.486 e. The number of hydrogen-bond donors (Lipinski definition) is 1. The van der Waals surface area contributed by atoms with Gasteiger partial charge in [0, 0.05) is 0 Å². The van der Waals surface area contributed by atoms with E-state index in [1.54, 1.807) is 0 Å². The van der Waals surface area contributed by atoms with Gasteiger partial charge in [0.15, 0.2) is 11.5 Å². The Kier molecular flexibility index (Phi) is 4.74. The zero-order chi connectivity index (χ0) is 17.1. The van der Waals surface area contributed by atoms with Gasteiger partial charge in [0.2, 0.25) is 5.91 Å². The van der Waals surface area contributed by atoms with Gasteiger partial charge < -0.3 is 14.8 Å². The molecule has 126 valence electrons. The minimum absolute atomic E-state index is 0.0145. The summed E-state index contributed by atoms with van der Waals surface area (Å²) >= 11 is 0. The topological polar surface area (TPSA) is 47.6 Å². The van der Waals surface area contributed by atoms with E-state index in [9.17, 15) is 4.79 Å². The number of rotatable bonds is 4. The fraction of sp³-hybridized carbons (Fsp3) is 0.350. The number of ether oxygens (including phenoxy) is 2. The van der Waals surface area contributed by atoms with Gasteiger partial charge in [-0.05, 0) is 55.2 Å². The Morgan fingerprint density at radius 3 is 2.54 bits per heavy atom. The third kappa shape index (κ3) is 3.70. The Hall–Kier alpha value is -2.49. The molecular weight excluding hydrogens is 302 g/mol. The maximum absolute atomic E-state index is 12.3. The number of aryl methyl sites for hydroxylation is 2. The summed E-state index contributed by atoms with van der Waals surface area (Å²) in [6.45, 7) is 7.25. The standard InChI is InChI=1S/C20H23NO3/c1-13-4-5-16(10-14(13)2)11-20(22)21-15(3)17-6-7-18-19(12-17)24-9-8-23-18/h4-7,10,12,15H,8-9,11H2,1-3H3,(H,21,22). The summed E-state index contributed by atoms with van der Waals surface area (Å²) in [5.41, 5.74) is 4.49. The SMILES string of the molecule is Cc1ccc(CC(=O)NC(C)c2ccc3c(c2)OCCO3)cc1C. The van der Waals surface area contributed by atoms with Crippen LogP contribution < -0.4 is 14.8 Å². The normalized spacial score (nSPS) is 14.1. The van der Waals surface area contributed by atoms with Crippen LogP contribution in [0.4, 0.5) is 0 Å². The predicted molar refractivity (Wildman–Crippen MR) is 93.6 cm³/mol. The van der Waals surface area contributed by atoms with Crippen molar-refractivity contribution in [2.24, 2.45) is 0 Å². The summed E-state index contributed by atoms with van der Waals surface area (Å²) in [5.74, 6) is 1.52. The molecule has 1 aliphatic heterocycles. The first-order valence-electron chi connectivity index (χ1n) is 8.28. The summed E-state index contributed by atoms with van der Waals surface area (Å²) < 4.78 is 11.1. The van der Waals surface area contributed by atoms with Crippen LogP contribution in [-0.2, 0) is 11.2 Å². The summed E-state index contributed by atoms with van der Waals surface area (Å²) in [7, 11) is 0. The van der Waals surface area contributed by atoms with Crippen LogP contribution in [0, 0.1) is 13.8 Å². The highest BCUT2D eigenvalue weighted by molar-refractivity contribution is 5.79. The molecule has 0 fully saturated rings. The molecule has 1 atom stereocenters. The summed E-state index contributed by atoms with van der Waals surface area (Å²) in [6, 6.07) is 11.9. The lowest BCUT2D eigenvalue weighted by Gasteiger charge is -2.21. The second-order valence-electron chi connectivity index (χ2n) is 6.29. The van der Waals surface area contributed by atoms with Crippen molar-refractivity contribution in [3.05, 3.63) is 58.7 Å². The average Bonchev–Trinajstić information content (AvgIpc) is 2.57. The number of hydrogen-bond acceptors (Lipinski definition) is 3. The lowest BCUT2D eigenvalue weighted by Crippen LogP contribution is -2.28. The summed E-state index contributed by atoms with van der Waals surface area (Å²) in [5, 5.41) is 3.05. The van der Waals surface area contributed by atoms with Crippen LogP contribution >= 0.6 is 0 Å². The molecule has 1 N–H and O–H groups in total. The van der Waals surface area contributed by atoms with E-state index >= 15 is 0 Å². The minimum atomic E-state index is -0.0835. The number of carbonyl (C=O) groups excluding carboxylic acids is 1. The van der Waals surface area contributed by atoms with E-state index in [1.165, 1.54) is 11.1 Å². The number of carbonyl (C=O) groups is 1. The van der Waals surface area contributed by atoms with Crippen LogP contribution in [0.2, 0.25) is 0 Å². The Morgan fingerprint density at radius 1 is 1.04 bits per heavy atom. The van der Waals surface area contributed by atoms with E-state index in [4.69, 9.17) is 9.47 Å². The first kappa shape index (κ1) is 16.4. The van der Waals surface area contributed by atoms with Crippen LogP contribution in [0.25, 0.3) is 0 Å². The van der Waals surface area contributed by atoms with Gasteiger partial charge in [0.1, 0.15) is 13.2 Å². The lowest BCUT2D eigenvalue weighted by atomic mass is 10.0. The van der Waals surface area contributed by atoms with Crippen molar-refractivity contribution in [3.63, 3.8) is 0 Å². The quantitative estimate of drug-likeness (QED) is 0.936. The Morgan fingerprint density at radius 2 is 1.79 bits per heavy atom. The molecule has 1 heterocycles. The van der Waals surface area contributed by atoms with Gasteiger partial charge in [0.05, 0.1) is 12.5 Å². The molecule has 4 heteroatoms. The van der Waals surface area contributed by atoms with Gasteiger partial charge in [-0.25, -0.2) is 0 Å². The van der Waals surface area contributed by atoms with Gasteiger partial charge in [0.25, 0.3) is 0 Å². The molecule has 1 aliphatic rings. The molecule has 2 aromatic rings. The molecular formula is C20H23NO3. The third-order valence-corrected chi connectivity index (χ3v) is 4.38. The maximum Gasteiger partial charge on any atom is 0.224 e. The summed E-state index contributed by atoms with van der Waals surface area (Å²) in [6.07, 6.45) is 0.385. The molecule has 1 amide bonds. The van der Waals surface area contributed by atoms with Crippen molar-refractivity contribution >= 4 is 5.91 Å². The van der Waals surface area contributed by atoms with Crippen molar-refractivity contribution < 1.29 is 14.3 Å². The lowest BCUT2D eigenvalue weighted by molar-refractivity contribution is -0.121. The smallest absolute Gasteiger partial charge is 0.224 e. The molecule has 0 saturated carbocycles. The summed E-state index contributed by atoms with van der Waals surface area (Å²) in [4.78, 5) is 12.3. The van der Waals surface area contributed by atoms with Gasteiger partial charge in [-0.1, -0.05) is 24.3 Å². The average molecular weight is 325 g/mol. The molecule has 0 spiro atoms. The maximum atomic E-state index is 12.3. The van der Waals surface area contributed by atoms with Gasteiger partial charge in [-0.15, -0.1) is 0 Å². The van der Waals surface area contributed by atoms with E-state index in [2.05, 4.69) is 31.3 Å². The number of fused-ring (bicyclic) bond motifs is 1. The van der Waals surface area contributed by atoms with Crippen LogP contribution in [0.1, 0.15) is 35.2 Å². The monoisotopic (exact) mass is 325 g/mol. The van der Waals surface area contributed by atoms with E-state index in [-0.39, 0.29) is 11.9 Å². The fourth-order valence-corrected chi connectivity index (χ4v) is 2.80. The Labute approximate surface area is 142 Å². The largest absolute Gasteiger partial charge is 0.486 e. The fourth-order valence-electron chi connectivity index (χ4n) is 2.80. The Balaban J connectivity index is 1.64. The van der Waals surface area contributed by atoms with Crippen LogP contribution in [0.3, 0.4) is 0 Å². The molecule has 24 heavy (non-hydrogen) atoms. The number of nitrogens with one attached hydrogen (secondary N) is 1. The predicted octanol–water partition coefficient (Wildman–Crippen LogP) is 3.49. The first-order chi connectivity index (χ1) is 11.5. The van der Waals surface area contributed by atoms with E-state index in [0.717, 1.165) is 22.6 Å². The molecule has 0 bridgehead atoms. The molecule has 0 aliphatic carbocycles. The van der Waals surface area contributed by atoms with Crippen molar-refractivity contribution in [2.45, 2.75) is 33.2 Å². The van der Waals surface area contributed by atoms with Crippen molar-refractivity contribution in [1.82, 2.24) is 5.32 Å². The highest BCUT2D eigenvalue weighted by Gasteiger charge is 2.16. The van der Waals surface area contributed by atoms with Gasteiger partial charge in [-0.3, -0.25) is 4.79 Å². The van der Waals surface area contributed by atoms with Gasteiger partial charge in [-0.2, -0.15) is 0 Å². The zero-order valence-corrected chi connectivity index (χ0v) is 14.4. The first-order valence-corrected chi connectivity index (χ1v) is 8.28. The second-order valence-corrected chi connectivity index (χ2v) is 6.29. The van der Waals surface area contributed by atoms with Crippen LogP contribution in [0.15, 0.2) is 36.4 Å². The Bertz CT molecular complexity index is 755. The van der Waals surface area contributed by atoms with Crippen molar-refractivity contribution in [2.75, 3.05) is 13.2 Å². The number of amides is 1. The molecule has 0 saturated heterocycles. The molecule has 4 nitrogen and oxygen atoms in total. The molecule has 1 unspecified atom stereocenters. The third-order valence-electron chi connectivity index (χ3n) is 4.38. The highest BCUT2D eigenvalue weighted by atomic mass is 16.6. The van der Waals surface area contributed by atoms with E-state index in [1.807, 2.05) is 31.2 Å². The molecule has 0 radical (unpaired) electrons. The van der Waals surface area contributed by atoms with Crippen molar-refractivity contribution in [3.8, 4) is 11.5 Å². The van der Waals surface area contributed by atoms with Crippen LogP contribution in [0.5, 0.6) is 11.5 Å². The second kappa shape index (κ2) is 6.95. The molecule has 2 aromatic carbocycles. The van der Waals surface area contributed by atoms with Crippen LogP contribution in [-0.4, -0.2) is 19.1 Å². The highest BCUT2D eigenvalue weighted by Crippen LogP contribution is 2.32. The zero-order valence-electron chi connectivity index (χ0n) is 14.4. The number of benzene rings is 2. The van der Waals surface area contributed by atoms with E-state index < -0.39 is 0 Å². The van der Waals surface area contributed by atoms with Crippen molar-refractivity contribution in [1.29, 1.82) is 0 Å². The van der Waals surface area contributed by atoms with E-state index in [0.29, 0.717) is 19.6 Å². The van der Waals surface area contributed by atoms with Gasteiger partial charge >= 0.3 is 0 Å². The molecule has 0 aromatic heterocycles.